The van der Waals surface area contributed by atoms with Crippen molar-refractivity contribution in [1.29, 1.82) is 0 Å². The lowest BCUT2D eigenvalue weighted by molar-refractivity contribution is -0.137. The number of aliphatic carboxylic acids is 1. The van der Waals surface area contributed by atoms with Crippen LogP contribution in [0, 0.1) is 0 Å². The zero-order chi connectivity index (χ0) is 14.8. The largest absolute Gasteiger partial charge is 0.493 e. The molecule has 1 aliphatic rings. The lowest BCUT2D eigenvalue weighted by atomic mass is 10.2. The Morgan fingerprint density at radius 1 is 1.50 bits per heavy atom. The van der Waals surface area contributed by atoms with Crippen LogP contribution in [0.25, 0.3) is 0 Å². The first kappa shape index (κ1) is 14.5. The van der Waals surface area contributed by atoms with Gasteiger partial charge in [0.15, 0.2) is 0 Å². The molecule has 1 N–H and O–H groups in total. The Hall–Kier alpha value is -1.86. The highest BCUT2D eigenvalue weighted by Gasteiger charge is 2.27. The maximum atomic E-state index is 12.4. The normalized spacial score (nSPS) is 13.8. The van der Waals surface area contributed by atoms with Crippen LogP contribution >= 0.6 is 0 Å². The van der Waals surface area contributed by atoms with Crippen LogP contribution in [-0.4, -0.2) is 43.5 Å². The summed E-state index contributed by atoms with van der Waals surface area (Å²) >= 11 is 0. The van der Waals surface area contributed by atoms with Gasteiger partial charge in [-0.05, 0) is 23.8 Å². The number of rotatable bonds is 6. The lowest BCUT2D eigenvalue weighted by Crippen LogP contribution is -2.35. The van der Waals surface area contributed by atoms with E-state index in [0.717, 1.165) is 9.87 Å². The van der Waals surface area contributed by atoms with Crippen molar-refractivity contribution in [3.8, 4) is 5.75 Å². The topological polar surface area (TPSA) is 83.9 Å². The van der Waals surface area contributed by atoms with Crippen molar-refractivity contribution in [2.75, 3.05) is 19.7 Å². The number of carbonyl (C=O) groups is 1. The maximum Gasteiger partial charge on any atom is 0.318 e. The zero-order valence-electron chi connectivity index (χ0n) is 10.8. The Kier molecular flexibility index (Phi) is 4.10. The Balaban J connectivity index is 2.36. The number of hydrogen-bond donors (Lipinski definition) is 1. The summed E-state index contributed by atoms with van der Waals surface area (Å²) in [6, 6.07) is 4.56. The third-order valence-electron chi connectivity index (χ3n) is 2.94. The van der Waals surface area contributed by atoms with Gasteiger partial charge in [0.25, 0.3) is 0 Å². The second-order valence-corrected chi connectivity index (χ2v) is 6.29. The fraction of sp³-hybridized carbons (Fsp3) is 0.308. The first-order valence-corrected chi connectivity index (χ1v) is 7.47. The lowest BCUT2D eigenvalue weighted by Gasteiger charge is -2.19. The average molecular weight is 297 g/mol. The molecule has 0 unspecified atom stereocenters. The second kappa shape index (κ2) is 5.64. The van der Waals surface area contributed by atoms with E-state index in [9.17, 15) is 13.2 Å². The van der Waals surface area contributed by atoms with Crippen molar-refractivity contribution in [3.05, 3.63) is 36.4 Å². The van der Waals surface area contributed by atoms with Gasteiger partial charge in [0.2, 0.25) is 10.0 Å². The van der Waals surface area contributed by atoms with Crippen LogP contribution in [0.3, 0.4) is 0 Å². The number of carboxylic acid groups (broad SMARTS) is 1. The third kappa shape index (κ3) is 2.83. The van der Waals surface area contributed by atoms with Crippen molar-refractivity contribution in [2.24, 2.45) is 0 Å². The van der Waals surface area contributed by atoms with Crippen LogP contribution in [0.1, 0.15) is 5.56 Å². The molecule has 6 nitrogen and oxygen atoms in total. The summed E-state index contributed by atoms with van der Waals surface area (Å²) in [7, 11) is -3.85. The van der Waals surface area contributed by atoms with E-state index in [1.807, 2.05) is 0 Å². The highest BCUT2D eigenvalue weighted by Crippen LogP contribution is 2.28. The van der Waals surface area contributed by atoms with Gasteiger partial charge in [-0.15, -0.1) is 6.58 Å². The number of nitrogens with zero attached hydrogens (tertiary/aromatic N) is 1. The van der Waals surface area contributed by atoms with E-state index in [4.69, 9.17) is 9.84 Å². The third-order valence-corrected chi connectivity index (χ3v) is 4.75. The van der Waals surface area contributed by atoms with Crippen LogP contribution in [0.4, 0.5) is 0 Å². The molecule has 2 rings (SSSR count). The molecule has 0 aliphatic carbocycles. The maximum absolute atomic E-state index is 12.4. The summed E-state index contributed by atoms with van der Waals surface area (Å²) in [4.78, 5) is 10.9. The van der Waals surface area contributed by atoms with E-state index in [1.54, 1.807) is 6.07 Å². The van der Waals surface area contributed by atoms with E-state index < -0.39 is 22.5 Å². The summed E-state index contributed by atoms with van der Waals surface area (Å²) in [5.41, 5.74) is 0.819. The predicted molar refractivity (Wildman–Crippen MR) is 72.2 cm³/mol. The molecule has 0 fully saturated rings. The Morgan fingerprint density at radius 2 is 2.25 bits per heavy atom. The summed E-state index contributed by atoms with van der Waals surface area (Å²) in [6.45, 7) is 3.34. The van der Waals surface area contributed by atoms with Gasteiger partial charge in [0, 0.05) is 13.0 Å². The molecular weight excluding hydrogens is 282 g/mol. The molecule has 0 radical (unpaired) electrons. The Labute approximate surface area is 117 Å². The van der Waals surface area contributed by atoms with E-state index >= 15 is 0 Å². The molecule has 0 spiro atoms. The van der Waals surface area contributed by atoms with Crippen molar-refractivity contribution >= 4 is 16.0 Å². The van der Waals surface area contributed by atoms with Crippen LogP contribution in [0.5, 0.6) is 5.75 Å². The Morgan fingerprint density at radius 3 is 2.90 bits per heavy atom. The molecule has 1 aromatic rings. The molecule has 0 atom stereocenters. The first-order valence-electron chi connectivity index (χ1n) is 6.03. The predicted octanol–water partition coefficient (Wildman–Crippen LogP) is 0.883. The molecule has 1 aliphatic heterocycles. The van der Waals surface area contributed by atoms with Gasteiger partial charge in [-0.3, -0.25) is 4.79 Å². The minimum atomic E-state index is -3.85. The standard InChI is InChI=1S/C13H15NO5S/c1-2-6-14(9-13(15)16)20(17,18)11-3-4-12-10(8-11)5-7-19-12/h2-4,8H,1,5-7,9H2,(H,15,16). The van der Waals surface area contributed by atoms with Crippen LogP contribution in [0.2, 0.25) is 0 Å². The molecule has 0 saturated carbocycles. The quantitative estimate of drug-likeness (QED) is 0.788. The van der Waals surface area contributed by atoms with Crippen molar-refractivity contribution in [3.63, 3.8) is 0 Å². The van der Waals surface area contributed by atoms with Gasteiger partial charge in [-0.1, -0.05) is 6.08 Å². The van der Waals surface area contributed by atoms with Crippen LogP contribution in [-0.2, 0) is 21.2 Å². The zero-order valence-corrected chi connectivity index (χ0v) is 11.6. The van der Waals surface area contributed by atoms with E-state index in [0.29, 0.717) is 18.8 Å². The number of carboxylic acids is 1. The number of benzene rings is 1. The van der Waals surface area contributed by atoms with Crippen molar-refractivity contribution < 1.29 is 23.1 Å². The molecule has 0 aromatic heterocycles. The average Bonchev–Trinajstić information content (AvgIpc) is 2.84. The van der Waals surface area contributed by atoms with Crippen LogP contribution in [0.15, 0.2) is 35.7 Å². The van der Waals surface area contributed by atoms with Crippen LogP contribution < -0.4 is 4.74 Å². The molecular formula is C13H15NO5S. The molecule has 7 heteroatoms. The number of sulfonamides is 1. The van der Waals surface area contributed by atoms with Gasteiger partial charge in [-0.2, -0.15) is 4.31 Å². The number of fused-ring (bicyclic) bond motifs is 1. The summed E-state index contributed by atoms with van der Waals surface area (Å²) in [5.74, 6) is -0.530. The SMILES string of the molecule is C=CCN(CC(=O)O)S(=O)(=O)c1ccc2c(c1)CCO2. The molecule has 0 saturated heterocycles. The summed E-state index contributed by atoms with van der Waals surface area (Å²) in [6.07, 6.45) is 2.01. The second-order valence-electron chi connectivity index (χ2n) is 4.35. The minimum Gasteiger partial charge on any atom is -0.493 e. The number of ether oxygens (including phenoxy) is 1. The monoisotopic (exact) mass is 297 g/mol. The van der Waals surface area contributed by atoms with Crippen molar-refractivity contribution in [1.82, 2.24) is 4.31 Å². The van der Waals surface area contributed by atoms with E-state index in [-0.39, 0.29) is 11.4 Å². The first-order chi connectivity index (χ1) is 9.45. The van der Waals surface area contributed by atoms with Gasteiger partial charge in [0.1, 0.15) is 12.3 Å². The van der Waals surface area contributed by atoms with E-state index in [1.165, 1.54) is 18.2 Å². The molecule has 20 heavy (non-hydrogen) atoms. The van der Waals surface area contributed by atoms with Crippen molar-refractivity contribution in [2.45, 2.75) is 11.3 Å². The fourth-order valence-electron chi connectivity index (χ4n) is 2.01. The number of hydrogen-bond acceptors (Lipinski definition) is 4. The molecule has 0 amide bonds. The summed E-state index contributed by atoms with van der Waals surface area (Å²) in [5, 5.41) is 8.82. The van der Waals surface area contributed by atoms with E-state index in [2.05, 4.69) is 6.58 Å². The minimum absolute atomic E-state index is 0.0534. The molecule has 108 valence electrons. The van der Waals surface area contributed by atoms with Gasteiger partial charge >= 0.3 is 5.97 Å². The van der Waals surface area contributed by atoms with Gasteiger partial charge in [-0.25, -0.2) is 8.42 Å². The molecule has 1 heterocycles. The molecule has 0 bridgehead atoms. The highest BCUT2D eigenvalue weighted by molar-refractivity contribution is 7.89. The summed E-state index contributed by atoms with van der Waals surface area (Å²) < 4.78 is 31.1. The smallest absolute Gasteiger partial charge is 0.318 e. The fourth-order valence-corrected chi connectivity index (χ4v) is 3.43. The highest BCUT2D eigenvalue weighted by atomic mass is 32.2. The van der Waals surface area contributed by atoms with Gasteiger partial charge in [0.05, 0.1) is 11.5 Å². The molecule has 1 aromatic carbocycles. The van der Waals surface area contributed by atoms with Gasteiger partial charge < -0.3 is 9.84 Å². The Bertz CT molecular complexity index is 638.